The van der Waals surface area contributed by atoms with E-state index < -0.39 is 0 Å². The van der Waals surface area contributed by atoms with Gasteiger partial charge >= 0.3 is 0 Å². The van der Waals surface area contributed by atoms with Gasteiger partial charge in [-0.1, -0.05) is 19.3 Å². The van der Waals surface area contributed by atoms with Crippen molar-refractivity contribution in [3.63, 3.8) is 0 Å². The maximum Gasteiger partial charge on any atom is 0.224 e. The third-order valence-electron chi connectivity index (χ3n) is 5.26. The molecule has 0 aromatic heterocycles. The molecule has 5 nitrogen and oxygen atoms in total. The summed E-state index contributed by atoms with van der Waals surface area (Å²) in [5.74, 6) is 0.197. The molecule has 22 heavy (non-hydrogen) atoms. The number of nitrogens with one attached hydrogen (secondary N) is 1. The van der Waals surface area contributed by atoms with Gasteiger partial charge in [-0.15, -0.1) is 12.4 Å². The molecule has 6 heteroatoms. The fraction of sp³-hybridized carbons (Fsp3) is 0.875. The van der Waals surface area contributed by atoms with E-state index in [1.807, 2.05) is 4.90 Å². The van der Waals surface area contributed by atoms with Crippen molar-refractivity contribution < 1.29 is 9.59 Å². The summed E-state index contributed by atoms with van der Waals surface area (Å²) in [6.45, 7) is 1.96. The normalized spacial score (nSPS) is 24.3. The van der Waals surface area contributed by atoms with Crippen LogP contribution in [0.5, 0.6) is 0 Å². The van der Waals surface area contributed by atoms with Crippen molar-refractivity contribution in [2.45, 2.75) is 51.4 Å². The van der Waals surface area contributed by atoms with Crippen LogP contribution < -0.4 is 11.1 Å². The zero-order valence-corrected chi connectivity index (χ0v) is 14.4. The molecular formula is C16H30ClN3O2. The van der Waals surface area contributed by atoms with Crippen LogP contribution in [0.3, 0.4) is 0 Å². The van der Waals surface area contributed by atoms with Crippen LogP contribution in [-0.2, 0) is 9.59 Å². The minimum atomic E-state index is -0.0483. The van der Waals surface area contributed by atoms with E-state index in [1.165, 1.54) is 19.3 Å². The Hall–Kier alpha value is -0.810. The highest BCUT2D eigenvalue weighted by Crippen LogP contribution is 2.39. The lowest BCUT2D eigenvalue weighted by atomic mass is 9.71. The molecule has 1 saturated heterocycles. The SMILES string of the molecule is CNC(=O)C1CCCN(C(=O)CC2(CN)CCCCC2)C1.Cl. The molecule has 0 radical (unpaired) electrons. The zero-order chi connectivity index (χ0) is 15.3. The van der Waals surface area contributed by atoms with Crippen LogP contribution in [-0.4, -0.2) is 43.4 Å². The third kappa shape index (κ3) is 4.59. The molecule has 0 bridgehead atoms. The summed E-state index contributed by atoms with van der Waals surface area (Å²) in [5, 5.41) is 2.70. The molecule has 0 aromatic rings. The molecule has 0 aromatic carbocycles. The number of nitrogens with zero attached hydrogens (tertiary/aromatic N) is 1. The molecule has 1 unspecified atom stereocenters. The first kappa shape index (κ1) is 19.2. The number of hydrogen-bond donors (Lipinski definition) is 2. The average Bonchev–Trinajstić information content (AvgIpc) is 2.55. The highest BCUT2D eigenvalue weighted by atomic mass is 35.5. The third-order valence-corrected chi connectivity index (χ3v) is 5.26. The molecule has 1 atom stereocenters. The Morgan fingerprint density at radius 3 is 2.50 bits per heavy atom. The maximum absolute atomic E-state index is 12.6. The largest absolute Gasteiger partial charge is 0.359 e. The van der Waals surface area contributed by atoms with E-state index in [4.69, 9.17) is 5.73 Å². The topological polar surface area (TPSA) is 75.4 Å². The number of amides is 2. The molecule has 128 valence electrons. The zero-order valence-electron chi connectivity index (χ0n) is 13.6. The van der Waals surface area contributed by atoms with Gasteiger partial charge in [-0.25, -0.2) is 0 Å². The van der Waals surface area contributed by atoms with Crippen molar-refractivity contribution in [2.75, 3.05) is 26.7 Å². The van der Waals surface area contributed by atoms with Crippen LogP contribution in [0, 0.1) is 11.3 Å². The highest BCUT2D eigenvalue weighted by molar-refractivity contribution is 5.85. The van der Waals surface area contributed by atoms with Gasteiger partial charge in [0.25, 0.3) is 0 Å². The Kier molecular flexibility index (Phi) is 7.63. The summed E-state index contributed by atoms with van der Waals surface area (Å²) in [4.78, 5) is 26.3. The van der Waals surface area contributed by atoms with Crippen LogP contribution in [0.1, 0.15) is 51.4 Å². The second-order valence-electron chi connectivity index (χ2n) is 6.73. The van der Waals surface area contributed by atoms with Gasteiger partial charge in [-0.05, 0) is 37.6 Å². The molecule has 0 spiro atoms. The lowest BCUT2D eigenvalue weighted by Crippen LogP contribution is -2.47. The average molecular weight is 332 g/mol. The Balaban J connectivity index is 0.00000242. The molecule has 1 saturated carbocycles. The molecule has 1 aliphatic heterocycles. The standard InChI is InChI=1S/C16H29N3O2.ClH/c1-18-15(21)13-6-5-9-19(11-13)14(20)10-16(12-17)7-3-2-4-8-16;/h13H,2-12,17H2,1H3,(H,18,21);1H. The van der Waals surface area contributed by atoms with Crippen LogP contribution in [0.15, 0.2) is 0 Å². The van der Waals surface area contributed by atoms with Gasteiger partial charge in [0.05, 0.1) is 5.92 Å². The van der Waals surface area contributed by atoms with Gasteiger partial charge in [0, 0.05) is 26.6 Å². The van der Waals surface area contributed by atoms with E-state index >= 15 is 0 Å². The first-order chi connectivity index (χ1) is 10.1. The van der Waals surface area contributed by atoms with Crippen molar-refractivity contribution in [3.05, 3.63) is 0 Å². The van der Waals surface area contributed by atoms with E-state index in [1.54, 1.807) is 7.05 Å². The van der Waals surface area contributed by atoms with Crippen LogP contribution in [0.4, 0.5) is 0 Å². The van der Waals surface area contributed by atoms with Crippen LogP contribution in [0.25, 0.3) is 0 Å². The number of carbonyl (C=O) groups excluding carboxylic acids is 2. The Morgan fingerprint density at radius 2 is 1.91 bits per heavy atom. The predicted molar refractivity (Wildman–Crippen MR) is 89.8 cm³/mol. The molecule has 1 aliphatic carbocycles. The summed E-state index contributed by atoms with van der Waals surface area (Å²) in [6.07, 6.45) is 8.13. The van der Waals surface area contributed by atoms with Crippen LogP contribution >= 0.6 is 12.4 Å². The Labute approximate surface area is 139 Å². The number of likely N-dealkylation sites (tertiary alicyclic amines) is 1. The van der Waals surface area contributed by atoms with Gasteiger partial charge in [-0.3, -0.25) is 9.59 Å². The molecule has 2 fully saturated rings. The predicted octanol–water partition coefficient (Wildman–Crippen LogP) is 1.69. The molecule has 2 aliphatic rings. The molecule has 1 heterocycles. The summed E-state index contributed by atoms with van der Waals surface area (Å²) in [7, 11) is 1.66. The van der Waals surface area contributed by atoms with E-state index in [0.717, 1.165) is 32.2 Å². The second-order valence-corrected chi connectivity index (χ2v) is 6.73. The molecule has 3 N–H and O–H groups in total. The Morgan fingerprint density at radius 1 is 1.23 bits per heavy atom. The summed E-state index contributed by atoms with van der Waals surface area (Å²) < 4.78 is 0. The Bertz CT molecular complexity index is 384. The smallest absolute Gasteiger partial charge is 0.224 e. The highest BCUT2D eigenvalue weighted by Gasteiger charge is 2.36. The number of piperidine rings is 1. The number of carbonyl (C=O) groups is 2. The van der Waals surface area contributed by atoms with E-state index in [-0.39, 0.29) is 35.6 Å². The fourth-order valence-corrected chi connectivity index (χ4v) is 3.81. The van der Waals surface area contributed by atoms with Gasteiger partial charge in [0.15, 0.2) is 0 Å². The second kappa shape index (κ2) is 8.73. The van der Waals surface area contributed by atoms with Crippen molar-refractivity contribution in [1.82, 2.24) is 10.2 Å². The van der Waals surface area contributed by atoms with Crippen molar-refractivity contribution in [3.8, 4) is 0 Å². The number of rotatable bonds is 4. The number of nitrogens with two attached hydrogens (primary N) is 1. The summed E-state index contributed by atoms with van der Waals surface area (Å²) in [5.41, 5.74) is 5.99. The van der Waals surface area contributed by atoms with E-state index in [0.29, 0.717) is 19.5 Å². The van der Waals surface area contributed by atoms with Gasteiger partial charge < -0.3 is 16.0 Å². The monoisotopic (exact) mass is 331 g/mol. The van der Waals surface area contributed by atoms with Gasteiger partial charge in [0.2, 0.25) is 11.8 Å². The lowest BCUT2D eigenvalue weighted by molar-refractivity contribution is -0.138. The minimum Gasteiger partial charge on any atom is -0.359 e. The van der Waals surface area contributed by atoms with Gasteiger partial charge in [0.1, 0.15) is 0 Å². The fourth-order valence-electron chi connectivity index (χ4n) is 3.81. The first-order valence-corrected chi connectivity index (χ1v) is 8.30. The maximum atomic E-state index is 12.6. The summed E-state index contributed by atoms with van der Waals surface area (Å²) in [6, 6.07) is 0. The van der Waals surface area contributed by atoms with Crippen molar-refractivity contribution in [1.29, 1.82) is 0 Å². The first-order valence-electron chi connectivity index (χ1n) is 8.30. The lowest BCUT2D eigenvalue weighted by Gasteiger charge is -2.39. The van der Waals surface area contributed by atoms with E-state index in [2.05, 4.69) is 5.32 Å². The van der Waals surface area contributed by atoms with Crippen molar-refractivity contribution >= 4 is 24.2 Å². The van der Waals surface area contributed by atoms with Gasteiger partial charge in [-0.2, -0.15) is 0 Å². The minimum absolute atomic E-state index is 0. The molecular weight excluding hydrogens is 302 g/mol. The van der Waals surface area contributed by atoms with Crippen molar-refractivity contribution in [2.24, 2.45) is 17.1 Å². The van der Waals surface area contributed by atoms with Crippen LogP contribution in [0.2, 0.25) is 0 Å². The molecule has 2 rings (SSSR count). The molecule has 2 amide bonds. The quantitative estimate of drug-likeness (QED) is 0.823. The number of hydrogen-bond acceptors (Lipinski definition) is 3. The summed E-state index contributed by atoms with van der Waals surface area (Å²) >= 11 is 0. The van der Waals surface area contributed by atoms with E-state index in [9.17, 15) is 9.59 Å². The number of halogens is 1.